The van der Waals surface area contributed by atoms with Crippen molar-refractivity contribution in [3.8, 4) is 11.5 Å². The van der Waals surface area contributed by atoms with E-state index in [2.05, 4.69) is 10.6 Å². The molecule has 0 saturated heterocycles. The van der Waals surface area contributed by atoms with Crippen molar-refractivity contribution in [2.75, 3.05) is 26.6 Å². The molecule has 1 unspecified atom stereocenters. The van der Waals surface area contributed by atoms with Crippen LogP contribution in [-0.4, -0.2) is 26.8 Å². The van der Waals surface area contributed by atoms with Crippen LogP contribution in [0.2, 0.25) is 0 Å². The molecule has 0 fully saturated rings. The molecule has 2 rings (SSSR count). The molecule has 1 aliphatic heterocycles. The van der Waals surface area contributed by atoms with E-state index in [0.717, 1.165) is 17.2 Å². The van der Waals surface area contributed by atoms with E-state index < -0.39 is 0 Å². The number of fused-ring (bicyclic) bond motifs is 1. The van der Waals surface area contributed by atoms with E-state index in [9.17, 15) is 0 Å². The molecule has 0 aromatic heterocycles. The highest BCUT2D eigenvalue weighted by molar-refractivity contribution is 8.00. The van der Waals surface area contributed by atoms with Gasteiger partial charge in [-0.2, -0.15) is 0 Å². The fourth-order valence-corrected chi connectivity index (χ4v) is 2.48. The first-order valence-electron chi connectivity index (χ1n) is 4.65. The van der Waals surface area contributed by atoms with Crippen LogP contribution in [0.1, 0.15) is 0 Å². The number of nitrogens with one attached hydrogen (secondary N) is 2. The minimum absolute atomic E-state index is 0.219. The zero-order chi connectivity index (χ0) is 10.8. The largest absolute Gasteiger partial charge is 0.493 e. The van der Waals surface area contributed by atoms with Gasteiger partial charge < -0.3 is 14.8 Å². The zero-order valence-corrected chi connectivity index (χ0v) is 9.77. The van der Waals surface area contributed by atoms with E-state index in [1.54, 1.807) is 26.0 Å². The Morgan fingerprint density at radius 2 is 1.93 bits per heavy atom. The third kappa shape index (κ3) is 1.85. The van der Waals surface area contributed by atoms with Gasteiger partial charge in [-0.15, -0.1) is 0 Å². The van der Waals surface area contributed by atoms with E-state index in [1.807, 2.05) is 19.2 Å². The predicted molar refractivity (Wildman–Crippen MR) is 61.9 cm³/mol. The Balaban J connectivity index is 2.35. The highest BCUT2D eigenvalue weighted by Crippen LogP contribution is 2.43. The Hall–Kier alpha value is -1.07. The van der Waals surface area contributed by atoms with Crippen LogP contribution in [0, 0.1) is 0 Å². The Bertz CT molecular complexity index is 338. The minimum Gasteiger partial charge on any atom is -0.493 e. The van der Waals surface area contributed by atoms with Gasteiger partial charge in [0.05, 0.1) is 19.9 Å². The maximum absolute atomic E-state index is 5.24. The lowest BCUT2D eigenvalue weighted by Gasteiger charge is -2.09. The number of rotatable bonds is 3. The second-order valence-corrected chi connectivity index (χ2v) is 4.28. The number of ether oxygens (including phenoxy) is 2. The first-order valence-corrected chi connectivity index (χ1v) is 5.53. The van der Waals surface area contributed by atoms with Crippen molar-refractivity contribution >= 4 is 17.4 Å². The number of benzene rings is 1. The number of anilines is 1. The van der Waals surface area contributed by atoms with Crippen molar-refractivity contribution in [1.82, 2.24) is 5.32 Å². The molecule has 0 spiro atoms. The molecule has 5 heteroatoms. The van der Waals surface area contributed by atoms with E-state index in [0.29, 0.717) is 0 Å². The Morgan fingerprint density at radius 1 is 1.27 bits per heavy atom. The van der Waals surface area contributed by atoms with Gasteiger partial charge >= 0.3 is 0 Å². The molecule has 0 radical (unpaired) electrons. The Labute approximate surface area is 93.3 Å². The molecule has 0 bridgehead atoms. The van der Waals surface area contributed by atoms with Crippen LogP contribution in [0.25, 0.3) is 0 Å². The first kappa shape index (κ1) is 10.4. The van der Waals surface area contributed by atoms with Gasteiger partial charge in [0, 0.05) is 11.0 Å². The molecule has 0 amide bonds. The summed E-state index contributed by atoms with van der Waals surface area (Å²) in [5.74, 6) is 1.52. The van der Waals surface area contributed by atoms with Crippen LogP contribution >= 0.6 is 11.8 Å². The van der Waals surface area contributed by atoms with E-state index in [1.165, 1.54) is 4.90 Å². The molecule has 2 N–H and O–H groups in total. The quantitative estimate of drug-likeness (QED) is 0.821. The van der Waals surface area contributed by atoms with Crippen molar-refractivity contribution in [2.45, 2.75) is 10.4 Å². The van der Waals surface area contributed by atoms with E-state index in [-0.39, 0.29) is 5.50 Å². The molecule has 82 valence electrons. The lowest BCUT2D eigenvalue weighted by Crippen LogP contribution is -2.26. The lowest BCUT2D eigenvalue weighted by molar-refractivity contribution is 0.354. The highest BCUT2D eigenvalue weighted by atomic mass is 32.2. The maximum Gasteiger partial charge on any atom is 0.162 e. The third-order valence-electron chi connectivity index (χ3n) is 2.28. The summed E-state index contributed by atoms with van der Waals surface area (Å²) in [5, 5.41) is 6.48. The third-order valence-corrected chi connectivity index (χ3v) is 3.46. The molecule has 4 nitrogen and oxygen atoms in total. The van der Waals surface area contributed by atoms with Crippen LogP contribution < -0.4 is 20.1 Å². The van der Waals surface area contributed by atoms with Crippen molar-refractivity contribution in [1.29, 1.82) is 0 Å². The van der Waals surface area contributed by atoms with Crippen LogP contribution in [0.3, 0.4) is 0 Å². The van der Waals surface area contributed by atoms with Crippen LogP contribution in [0.5, 0.6) is 11.5 Å². The second-order valence-electron chi connectivity index (χ2n) is 3.13. The van der Waals surface area contributed by atoms with Crippen molar-refractivity contribution in [3.63, 3.8) is 0 Å². The molecule has 1 aliphatic rings. The molecule has 0 aliphatic carbocycles. The van der Waals surface area contributed by atoms with Gasteiger partial charge in [-0.1, -0.05) is 11.8 Å². The smallest absolute Gasteiger partial charge is 0.162 e. The van der Waals surface area contributed by atoms with Crippen molar-refractivity contribution in [2.24, 2.45) is 0 Å². The average molecular weight is 226 g/mol. The number of thioether (sulfide) groups is 1. The molecular formula is C10H14N2O2S. The van der Waals surface area contributed by atoms with Gasteiger partial charge in [0.1, 0.15) is 5.50 Å². The predicted octanol–water partition coefficient (Wildman–Crippen LogP) is 1.72. The van der Waals surface area contributed by atoms with Crippen LogP contribution in [-0.2, 0) is 0 Å². The average Bonchev–Trinajstić information content (AvgIpc) is 2.68. The van der Waals surface area contributed by atoms with Crippen LogP contribution in [0.15, 0.2) is 17.0 Å². The molecular weight excluding hydrogens is 212 g/mol. The summed E-state index contributed by atoms with van der Waals surface area (Å²) >= 11 is 1.73. The molecule has 1 heterocycles. The Morgan fingerprint density at radius 3 is 2.53 bits per heavy atom. The van der Waals surface area contributed by atoms with Crippen molar-refractivity contribution in [3.05, 3.63) is 12.1 Å². The SMILES string of the molecule is CNC1Nc2cc(OC)c(OC)cc2S1. The van der Waals surface area contributed by atoms with Crippen LogP contribution in [0.4, 0.5) is 5.69 Å². The zero-order valence-electron chi connectivity index (χ0n) is 8.96. The fourth-order valence-electron chi connectivity index (χ4n) is 1.50. The minimum atomic E-state index is 0.219. The van der Waals surface area contributed by atoms with Gasteiger partial charge in [0.15, 0.2) is 11.5 Å². The second kappa shape index (κ2) is 4.20. The summed E-state index contributed by atoms with van der Waals surface area (Å²) < 4.78 is 10.5. The summed E-state index contributed by atoms with van der Waals surface area (Å²) in [5.41, 5.74) is 1.30. The summed E-state index contributed by atoms with van der Waals surface area (Å²) in [4.78, 5) is 1.17. The van der Waals surface area contributed by atoms with Gasteiger partial charge in [-0.25, -0.2) is 0 Å². The summed E-state index contributed by atoms with van der Waals surface area (Å²) in [7, 11) is 5.21. The Kier molecular flexibility index (Phi) is 2.93. The van der Waals surface area contributed by atoms with Gasteiger partial charge in [0.25, 0.3) is 0 Å². The van der Waals surface area contributed by atoms with Crippen molar-refractivity contribution < 1.29 is 9.47 Å². The number of hydrogen-bond acceptors (Lipinski definition) is 5. The molecule has 1 atom stereocenters. The van der Waals surface area contributed by atoms with E-state index >= 15 is 0 Å². The molecule has 0 saturated carbocycles. The standard InChI is InChI=1S/C10H14N2O2S/c1-11-10-12-6-4-7(13-2)8(14-3)5-9(6)15-10/h4-5,10-12H,1-3H3. The number of methoxy groups -OCH3 is 2. The van der Waals surface area contributed by atoms with Gasteiger partial charge in [0.2, 0.25) is 0 Å². The summed E-state index contributed by atoms with van der Waals surface area (Å²) in [6, 6.07) is 3.95. The molecule has 15 heavy (non-hydrogen) atoms. The molecule has 1 aromatic carbocycles. The van der Waals surface area contributed by atoms with Gasteiger partial charge in [-0.3, -0.25) is 5.32 Å². The highest BCUT2D eigenvalue weighted by Gasteiger charge is 2.22. The fraction of sp³-hybridized carbons (Fsp3) is 0.400. The summed E-state index contributed by atoms with van der Waals surface area (Å²) in [6.07, 6.45) is 0. The monoisotopic (exact) mass is 226 g/mol. The van der Waals surface area contributed by atoms with Gasteiger partial charge in [-0.05, 0) is 13.1 Å². The maximum atomic E-state index is 5.24. The first-order chi connectivity index (χ1) is 7.28. The normalized spacial score (nSPS) is 18.2. The lowest BCUT2D eigenvalue weighted by atomic mass is 10.2. The topological polar surface area (TPSA) is 42.5 Å². The molecule has 1 aromatic rings. The number of hydrogen-bond donors (Lipinski definition) is 2. The van der Waals surface area contributed by atoms with E-state index in [4.69, 9.17) is 9.47 Å². The summed E-state index contributed by atoms with van der Waals surface area (Å²) in [6.45, 7) is 0.